The highest BCUT2D eigenvalue weighted by molar-refractivity contribution is 5.88. The molecule has 0 aliphatic rings. The Balaban J connectivity index is 1.61. The Morgan fingerprint density at radius 1 is 0.526 bits per heavy atom. The summed E-state index contributed by atoms with van der Waals surface area (Å²) >= 11 is 0. The number of nitrogens with zero attached hydrogens (tertiary/aromatic N) is 2. The maximum Gasteiger partial charge on any atom is 0.163 e. The molecule has 3 aromatic rings. The van der Waals surface area contributed by atoms with Crippen molar-refractivity contribution in [3.63, 3.8) is 0 Å². The van der Waals surface area contributed by atoms with Crippen molar-refractivity contribution >= 4 is 22.1 Å². The molecule has 0 spiro atoms. The number of ether oxygens (including phenoxy) is 2. The van der Waals surface area contributed by atoms with Gasteiger partial charge in [0.05, 0.1) is 24.2 Å². The molecule has 2 aromatic carbocycles. The van der Waals surface area contributed by atoms with Crippen molar-refractivity contribution in [2.75, 3.05) is 13.2 Å². The average molecular weight is 529 g/mol. The minimum atomic E-state index is -0.591. The molecule has 3 rings (SSSR count). The second-order valence-electron chi connectivity index (χ2n) is 10.4. The van der Waals surface area contributed by atoms with Crippen molar-refractivity contribution in [3.05, 3.63) is 35.9 Å². The fourth-order valence-corrected chi connectivity index (χ4v) is 4.76. The normalized spacial score (nSPS) is 11.5. The molecule has 4 nitrogen and oxygen atoms in total. The predicted octanol–water partition coefficient (Wildman–Crippen LogP) is 10.1. The fourth-order valence-electron chi connectivity index (χ4n) is 4.76. The lowest BCUT2D eigenvalue weighted by molar-refractivity contribution is 0.259. The van der Waals surface area contributed by atoms with Gasteiger partial charge in [0, 0.05) is 12.1 Å². The van der Waals surface area contributed by atoms with Crippen molar-refractivity contribution in [1.82, 2.24) is 9.97 Å². The van der Waals surface area contributed by atoms with Gasteiger partial charge in [0.2, 0.25) is 0 Å². The Morgan fingerprint density at radius 2 is 0.868 bits per heavy atom. The van der Waals surface area contributed by atoms with Crippen LogP contribution in [0.2, 0.25) is 0 Å². The molecular weight excluding hydrogens is 482 g/mol. The fraction of sp³-hybridized carbons (Fsp3) is 0.625. The van der Waals surface area contributed by atoms with E-state index >= 15 is 0 Å². The molecule has 0 aliphatic carbocycles. The second-order valence-corrected chi connectivity index (χ2v) is 10.4. The Kier molecular flexibility index (Phi) is 13.6. The number of fused-ring (bicyclic) bond motifs is 2. The SMILES string of the molecule is CCCCCCCCCCOc1cc2nc3c(F)ccc(F)c3nc2cc1OCCCCCCCCCC. The summed E-state index contributed by atoms with van der Waals surface area (Å²) in [5.74, 6) is -0.00426. The van der Waals surface area contributed by atoms with Crippen LogP contribution in [0.3, 0.4) is 0 Å². The zero-order chi connectivity index (χ0) is 27.0. The number of unbranched alkanes of at least 4 members (excludes halogenated alkanes) is 14. The molecule has 0 saturated carbocycles. The van der Waals surface area contributed by atoms with Gasteiger partial charge in [0.25, 0.3) is 0 Å². The van der Waals surface area contributed by atoms with Crippen LogP contribution in [0.25, 0.3) is 22.1 Å². The zero-order valence-corrected chi connectivity index (χ0v) is 23.5. The van der Waals surface area contributed by atoms with Gasteiger partial charge in [-0.3, -0.25) is 0 Å². The number of benzene rings is 2. The molecule has 6 heteroatoms. The van der Waals surface area contributed by atoms with Crippen LogP contribution in [0.15, 0.2) is 24.3 Å². The van der Waals surface area contributed by atoms with E-state index in [1.165, 1.54) is 77.0 Å². The van der Waals surface area contributed by atoms with Crippen molar-refractivity contribution in [3.8, 4) is 11.5 Å². The van der Waals surface area contributed by atoms with Gasteiger partial charge in [0.15, 0.2) is 23.1 Å². The maximum absolute atomic E-state index is 14.3. The molecule has 0 radical (unpaired) electrons. The molecule has 38 heavy (non-hydrogen) atoms. The van der Waals surface area contributed by atoms with E-state index in [0.29, 0.717) is 35.7 Å². The molecule has 0 fully saturated rings. The molecular formula is C32H46F2N2O2. The van der Waals surface area contributed by atoms with Gasteiger partial charge in [-0.15, -0.1) is 0 Å². The van der Waals surface area contributed by atoms with Crippen LogP contribution < -0.4 is 9.47 Å². The summed E-state index contributed by atoms with van der Waals surface area (Å²) in [6.07, 6.45) is 19.6. The summed E-state index contributed by atoms with van der Waals surface area (Å²) in [7, 11) is 0. The van der Waals surface area contributed by atoms with Crippen LogP contribution in [0, 0.1) is 11.6 Å². The smallest absolute Gasteiger partial charge is 0.163 e. The minimum Gasteiger partial charge on any atom is -0.490 e. The van der Waals surface area contributed by atoms with E-state index in [1.807, 2.05) is 0 Å². The lowest BCUT2D eigenvalue weighted by Gasteiger charge is -2.14. The van der Waals surface area contributed by atoms with Crippen LogP contribution in [-0.2, 0) is 0 Å². The van der Waals surface area contributed by atoms with Crippen LogP contribution in [0.5, 0.6) is 11.5 Å². The van der Waals surface area contributed by atoms with Gasteiger partial charge in [-0.2, -0.15) is 0 Å². The van der Waals surface area contributed by atoms with E-state index in [2.05, 4.69) is 23.8 Å². The quantitative estimate of drug-likeness (QED) is 0.108. The Labute approximate surface area is 227 Å². The summed E-state index contributed by atoms with van der Waals surface area (Å²) in [5, 5.41) is 0. The molecule has 0 bridgehead atoms. The first-order valence-electron chi connectivity index (χ1n) is 15.0. The molecule has 1 heterocycles. The molecule has 1 aromatic heterocycles. The first kappa shape index (κ1) is 30.0. The monoisotopic (exact) mass is 528 g/mol. The highest BCUT2D eigenvalue weighted by Gasteiger charge is 2.15. The van der Waals surface area contributed by atoms with Crippen molar-refractivity contribution in [2.45, 2.75) is 117 Å². The van der Waals surface area contributed by atoms with Crippen molar-refractivity contribution in [2.24, 2.45) is 0 Å². The molecule has 0 N–H and O–H groups in total. The van der Waals surface area contributed by atoms with Gasteiger partial charge in [-0.1, -0.05) is 104 Å². The number of rotatable bonds is 20. The molecule has 0 amide bonds. The summed E-state index contributed by atoms with van der Waals surface area (Å²) in [5.41, 5.74) is 0.790. The Morgan fingerprint density at radius 3 is 1.24 bits per heavy atom. The van der Waals surface area contributed by atoms with Gasteiger partial charge in [0.1, 0.15) is 11.0 Å². The van der Waals surface area contributed by atoms with E-state index in [0.717, 1.165) is 37.8 Å². The number of hydrogen-bond donors (Lipinski definition) is 0. The number of halogens is 2. The first-order chi connectivity index (χ1) is 18.6. The first-order valence-corrected chi connectivity index (χ1v) is 15.0. The summed E-state index contributed by atoms with van der Waals surface area (Å²) < 4.78 is 40.9. The molecule has 0 atom stereocenters. The van der Waals surface area contributed by atoms with Gasteiger partial charge in [-0.25, -0.2) is 18.7 Å². The third-order valence-electron chi connectivity index (χ3n) is 7.07. The van der Waals surface area contributed by atoms with Crippen LogP contribution in [-0.4, -0.2) is 23.2 Å². The Bertz CT molecular complexity index is 1020. The molecule has 0 aliphatic heterocycles. The third-order valence-corrected chi connectivity index (χ3v) is 7.07. The second kappa shape index (κ2) is 17.2. The summed E-state index contributed by atoms with van der Waals surface area (Å²) in [6.45, 7) is 5.64. The van der Waals surface area contributed by atoms with Crippen LogP contribution in [0.4, 0.5) is 8.78 Å². The molecule has 210 valence electrons. The number of aromatic nitrogens is 2. The third kappa shape index (κ3) is 9.67. The maximum atomic E-state index is 14.3. The minimum absolute atomic E-state index is 0.0703. The number of hydrogen-bond acceptors (Lipinski definition) is 4. The van der Waals surface area contributed by atoms with E-state index in [1.54, 1.807) is 12.1 Å². The van der Waals surface area contributed by atoms with E-state index < -0.39 is 11.6 Å². The highest BCUT2D eigenvalue weighted by Crippen LogP contribution is 2.33. The van der Waals surface area contributed by atoms with E-state index in [4.69, 9.17) is 9.47 Å². The van der Waals surface area contributed by atoms with Gasteiger partial charge < -0.3 is 9.47 Å². The van der Waals surface area contributed by atoms with Crippen molar-refractivity contribution in [1.29, 1.82) is 0 Å². The van der Waals surface area contributed by atoms with E-state index in [-0.39, 0.29) is 11.0 Å². The van der Waals surface area contributed by atoms with Crippen LogP contribution in [0.1, 0.15) is 117 Å². The predicted molar refractivity (Wildman–Crippen MR) is 153 cm³/mol. The lowest BCUT2D eigenvalue weighted by Crippen LogP contribution is -2.04. The summed E-state index contributed by atoms with van der Waals surface area (Å²) in [4.78, 5) is 8.74. The zero-order valence-electron chi connectivity index (χ0n) is 23.5. The standard InChI is InChI=1S/C32H46F2N2O2/c1-3-5-7-9-11-13-15-17-21-37-29-23-27-28(36-32-26(34)20-19-25(33)31(32)35-27)24-30(29)38-22-18-16-14-12-10-8-6-4-2/h19-20,23-24H,3-18,21-22H2,1-2H3. The lowest BCUT2D eigenvalue weighted by atomic mass is 10.1. The van der Waals surface area contributed by atoms with Gasteiger partial charge >= 0.3 is 0 Å². The molecule has 0 unspecified atom stereocenters. The Hall–Kier alpha value is -2.50. The van der Waals surface area contributed by atoms with Crippen molar-refractivity contribution < 1.29 is 18.3 Å². The average Bonchev–Trinajstić information content (AvgIpc) is 2.92. The van der Waals surface area contributed by atoms with Crippen LogP contribution >= 0.6 is 0 Å². The topological polar surface area (TPSA) is 44.2 Å². The summed E-state index contributed by atoms with van der Waals surface area (Å²) in [6, 6.07) is 5.66. The largest absolute Gasteiger partial charge is 0.490 e. The molecule has 0 saturated heterocycles. The van der Waals surface area contributed by atoms with E-state index in [9.17, 15) is 8.78 Å². The highest BCUT2D eigenvalue weighted by atomic mass is 19.1. The van der Waals surface area contributed by atoms with Gasteiger partial charge in [-0.05, 0) is 25.0 Å².